The molecule has 2 aliphatic rings. The van der Waals surface area contributed by atoms with Gasteiger partial charge in [0.05, 0.1) is 61.5 Å². The molecule has 36 heavy (non-hydrogen) atoms. The number of likely N-dealkylation sites (N-methyl/N-ethyl adjacent to an activating group) is 1. The van der Waals surface area contributed by atoms with Crippen LogP contribution in [0.1, 0.15) is 19.3 Å². The number of ether oxygens (including phenoxy) is 1. The van der Waals surface area contributed by atoms with Crippen molar-refractivity contribution in [2.45, 2.75) is 19.3 Å². The fourth-order valence-electron chi connectivity index (χ4n) is 4.43. The summed E-state index contributed by atoms with van der Waals surface area (Å²) in [6.45, 7) is 1.72. The molecule has 1 aliphatic heterocycles. The standard InChI is InChI=1S/C28H30N6O2/c1-32(17-18-35)22-7-11-25-27(19-22)34(21-5-9-24(36-2)10-6-21)28-20-23(8-12-26(28)31-25)33(15-3-13-29)16-4-14-30/h5-11,19-20,35H,3-4,12,15-18H2,1-2H3. The number of aliphatic hydroxyl groups excluding tert-OH is 1. The lowest BCUT2D eigenvalue weighted by atomic mass is 9.99. The molecule has 4 rings (SSSR count). The Hall–Kier alpha value is -4.27. The van der Waals surface area contributed by atoms with E-state index in [2.05, 4.69) is 40.2 Å². The van der Waals surface area contributed by atoms with Crippen LogP contribution in [0.4, 0.5) is 22.7 Å². The summed E-state index contributed by atoms with van der Waals surface area (Å²) in [5.41, 5.74) is 6.69. The topological polar surface area (TPSA) is 99.1 Å². The zero-order valence-electron chi connectivity index (χ0n) is 20.7. The van der Waals surface area contributed by atoms with Crippen molar-refractivity contribution in [1.82, 2.24) is 4.90 Å². The van der Waals surface area contributed by atoms with Gasteiger partial charge in [0, 0.05) is 50.2 Å². The Morgan fingerprint density at radius 3 is 2.42 bits per heavy atom. The Morgan fingerprint density at radius 2 is 1.78 bits per heavy atom. The average molecular weight is 483 g/mol. The Labute approximate surface area is 212 Å². The van der Waals surface area contributed by atoms with Crippen LogP contribution in [-0.4, -0.2) is 56.1 Å². The molecule has 0 unspecified atom stereocenters. The quantitative estimate of drug-likeness (QED) is 0.526. The van der Waals surface area contributed by atoms with Crippen LogP contribution in [0.2, 0.25) is 0 Å². The molecule has 0 fully saturated rings. The Bertz CT molecular complexity index is 1250. The van der Waals surface area contributed by atoms with Crippen molar-refractivity contribution < 1.29 is 9.84 Å². The summed E-state index contributed by atoms with van der Waals surface area (Å²) in [6.07, 6.45) is 5.65. The maximum Gasteiger partial charge on any atom is 0.119 e. The molecule has 8 nitrogen and oxygen atoms in total. The molecular weight excluding hydrogens is 452 g/mol. The number of rotatable bonds is 10. The van der Waals surface area contributed by atoms with Crippen LogP contribution in [-0.2, 0) is 0 Å². The third kappa shape index (κ3) is 5.19. The van der Waals surface area contributed by atoms with E-state index in [1.54, 1.807) is 7.11 Å². The fourth-order valence-corrected chi connectivity index (χ4v) is 4.43. The Balaban J connectivity index is 1.81. The van der Waals surface area contributed by atoms with Gasteiger partial charge in [-0.25, -0.2) is 4.99 Å². The SMILES string of the molecule is COc1ccc(N2C3=CC(N(CCC#N)CCC#N)=CCC3=Nc3ccc(N(C)CCO)cc32)cc1. The molecule has 2 aromatic rings. The predicted octanol–water partition coefficient (Wildman–Crippen LogP) is 4.65. The van der Waals surface area contributed by atoms with Gasteiger partial charge in [0.1, 0.15) is 5.75 Å². The number of methoxy groups -OCH3 is 1. The number of allylic oxidation sites excluding steroid dienone is 3. The van der Waals surface area contributed by atoms with Crippen molar-refractivity contribution in [1.29, 1.82) is 10.5 Å². The van der Waals surface area contributed by atoms with Crippen LogP contribution < -0.4 is 14.5 Å². The van der Waals surface area contributed by atoms with E-state index in [-0.39, 0.29) is 6.61 Å². The molecule has 1 aliphatic carbocycles. The highest BCUT2D eigenvalue weighted by atomic mass is 16.5. The van der Waals surface area contributed by atoms with Crippen molar-refractivity contribution in [2.75, 3.05) is 50.2 Å². The van der Waals surface area contributed by atoms with Gasteiger partial charge < -0.3 is 24.5 Å². The highest BCUT2D eigenvalue weighted by molar-refractivity contribution is 6.12. The minimum absolute atomic E-state index is 0.0681. The second kappa shape index (κ2) is 11.4. The summed E-state index contributed by atoms with van der Waals surface area (Å²) < 4.78 is 5.38. The average Bonchev–Trinajstić information content (AvgIpc) is 2.91. The fraction of sp³-hybridized carbons (Fsp3) is 0.321. The molecule has 0 spiro atoms. The third-order valence-corrected chi connectivity index (χ3v) is 6.34. The van der Waals surface area contributed by atoms with E-state index in [1.807, 2.05) is 48.3 Å². The predicted molar refractivity (Wildman–Crippen MR) is 142 cm³/mol. The van der Waals surface area contributed by atoms with Gasteiger partial charge in [0.25, 0.3) is 0 Å². The van der Waals surface area contributed by atoms with Gasteiger partial charge >= 0.3 is 0 Å². The molecule has 1 N–H and O–H groups in total. The molecule has 0 saturated carbocycles. The number of aliphatic imine (C=N–C) groups is 1. The Morgan fingerprint density at radius 1 is 1.06 bits per heavy atom. The first-order chi connectivity index (χ1) is 17.6. The zero-order valence-corrected chi connectivity index (χ0v) is 20.7. The van der Waals surface area contributed by atoms with Crippen LogP contribution >= 0.6 is 0 Å². The first kappa shape index (κ1) is 24.8. The van der Waals surface area contributed by atoms with Gasteiger partial charge in [0.2, 0.25) is 0 Å². The van der Waals surface area contributed by atoms with E-state index in [9.17, 15) is 5.11 Å². The largest absolute Gasteiger partial charge is 0.497 e. The Kier molecular flexibility index (Phi) is 7.89. The summed E-state index contributed by atoms with van der Waals surface area (Å²) in [5, 5.41) is 27.7. The number of nitrogens with zero attached hydrogens (tertiary/aromatic N) is 6. The molecule has 1 heterocycles. The van der Waals surface area contributed by atoms with Crippen LogP contribution in [0.25, 0.3) is 0 Å². The monoisotopic (exact) mass is 482 g/mol. The van der Waals surface area contributed by atoms with Crippen molar-refractivity contribution in [2.24, 2.45) is 4.99 Å². The highest BCUT2D eigenvalue weighted by Gasteiger charge is 2.29. The molecule has 0 bridgehead atoms. The van der Waals surface area contributed by atoms with Gasteiger partial charge in [-0.1, -0.05) is 6.08 Å². The zero-order chi connectivity index (χ0) is 25.5. The van der Waals surface area contributed by atoms with Crippen LogP contribution in [0, 0.1) is 22.7 Å². The number of aliphatic hydroxyl groups is 1. The number of hydrogen-bond acceptors (Lipinski definition) is 8. The third-order valence-electron chi connectivity index (χ3n) is 6.34. The molecular formula is C28H30N6O2. The lowest BCUT2D eigenvalue weighted by Crippen LogP contribution is -2.32. The maximum atomic E-state index is 9.43. The maximum absolute atomic E-state index is 9.43. The van der Waals surface area contributed by atoms with E-state index in [0.717, 1.165) is 45.6 Å². The normalized spacial score (nSPS) is 13.8. The van der Waals surface area contributed by atoms with Gasteiger partial charge in [0.15, 0.2) is 0 Å². The van der Waals surface area contributed by atoms with E-state index < -0.39 is 0 Å². The molecule has 184 valence electrons. The highest BCUT2D eigenvalue weighted by Crippen LogP contribution is 2.45. The van der Waals surface area contributed by atoms with E-state index in [4.69, 9.17) is 20.3 Å². The smallest absolute Gasteiger partial charge is 0.119 e. The summed E-state index contributed by atoms with van der Waals surface area (Å²) in [5.74, 6) is 0.777. The number of fused-ring (bicyclic) bond motifs is 2. The molecule has 8 heteroatoms. The lowest BCUT2D eigenvalue weighted by Gasteiger charge is -2.37. The molecule has 0 radical (unpaired) electrons. The van der Waals surface area contributed by atoms with E-state index in [0.29, 0.717) is 38.9 Å². The molecule has 0 aromatic heterocycles. The van der Waals surface area contributed by atoms with Gasteiger partial charge in [-0.15, -0.1) is 0 Å². The molecule has 0 atom stereocenters. The van der Waals surface area contributed by atoms with Crippen molar-refractivity contribution in [3.63, 3.8) is 0 Å². The first-order valence-electron chi connectivity index (χ1n) is 12.0. The van der Waals surface area contributed by atoms with Crippen LogP contribution in [0.15, 0.2) is 71.0 Å². The lowest BCUT2D eigenvalue weighted by molar-refractivity contribution is 0.304. The second-order valence-corrected chi connectivity index (χ2v) is 8.58. The molecule has 0 saturated heterocycles. The number of nitriles is 2. The summed E-state index contributed by atoms with van der Waals surface area (Å²) in [4.78, 5) is 11.3. The first-order valence-corrected chi connectivity index (χ1v) is 12.0. The van der Waals surface area contributed by atoms with Crippen LogP contribution in [0.5, 0.6) is 5.75 Å². The van der Waals surface area contributed by atoms with Gasteiger partial charge in [-0.05, 0) is 48.5 Å². The van der Waals surface area contributed by atoms with E-state index in [1.165, 1.54) is 0 Å². The minimum atomic E-state index is 0.0681. The summed E-state index contributed by atoms with van der Waals surface area (Å²) in [6, 6.07) is 18.5. The molecule has 0 amide bonds. The number of hydrogen-bond donors (Lipinski definition) is 1. The minimum Gasteiger partial charge on any atom is -0.497 e. The molecule has 2 aromatic carbocycles. The summed E-state index contributed by atoms with van der Waals surface area (Å²) >= 11 is 0. The second-order valence-electron chi connectivity index (χ2n) is 8.58. The van der Waals surface area contributed by atoms with Gasteiger partial charge in [-0.2, -0.15) is 10.5 Å². The van der Waals surface area contributed by atoms with Crippen molar-refractivity contribution in [3.8, 4) is 17.9 Å². The number of anilines is 3. The van der Waals surface area contributed by atoms with Crippen molar-refractivity contribution in [3.05, 3.63) is 66.0 Å². The van der Waals surface area contributed by atoms with Gasteiger partial charge in [-0.3, -0.25) is 0 Å². The van der Waals surface area contributed by atoms with Crippen LogP contribution in [0.3, 0.4) is 0 Å². The van der Waals surface area contributed by atoms with Crippen molar-refractivity contribution >= 4 is 28.5 Å². The number of benzene rings is 2. The summed E-state index contributed by atoms with van der Waals surface area (Å²) in [7, 11) is 3.60. The van der Waals surface area contributed by atoms with E-state index >= 15 is 0 Å².